The highest BCUT2D eigenvalue weighted by atomic mass is 16.6. The first-order valence-corrected chi connectivity index (χ1v) is 9.10. The highest BCUT2D eigenvalue weighted by molar-refractivity contribution is 5.65. The van der Waals surface area contributed by atoms with Gasteiger partial charge in [0.15, 0.2) is 0 Å². The second-order valence-electron chi connectivity index (χ2n) is 8.03. The van der Waals surface area contributed by atoms with Crippen LogP contribution in [0.4, 0.5) is 10.6 Å². The van der Waals surface area contributed by atoms with Crippen LogP contribution >= 0.6 is 0 Å². The number of pyridine rings is 1. The Hall–Kier alpha value is -1.86. The maximum Gasteiger partial charge on any atom is 0.405 e. The largest absolute Gasteiger partial charge is 0.444 e. The van der Waals surface area contributed by atoms with Crippen molar-refractivity contribution in [2.75, 3.05) is 45.3 Å². The Morgan fingerprint density at radius 3 is 2.54 bits per heavy atom. The van der Waals surface area contributed by atoms with Crippen LogP contribution in [0.5, 0.6) is 0 Å². The maximum absolute atomic E-state index is 10.0. The number of amides is 1. The Morgan fingerprint density at radius 2 is 2.08 bits per heavy atom. The van der Waals surface area contributed by atoms with Gasteiger partial charge in [0.1, 0.15) is 11.4 Å². The Labute approximate surface area is 156 Å². The van der Waals surface area contributed by atoms with Crippen LogP contribution in [0.15, 0.2) is 18.3 Å². The summed E-state index contributed by atoms with van der Waals surface area (Å²) in [6.45, 7) is 9.20. The molecule has 3 heterocycles. The molecule has 146 valence electrons. The van der Waals surface area contributed by atoms with Gasteiger partial charge in [-0.1, -0.05) is 6.07 Å². The normalized spacial score (nSPS) is 20.4. The van der Waals surface area contributed by atoms with E-state index < -0.39 is 11.7 Å². The van der Waals surface area contributed by atoms with Crippen molar-refractivity contribution in [3.05, 3.63) is 23.9 Å². The van der Waals surface area contributed by atoms with E-state index in [0.29, 0.717) is 12.0 Å². The number of ether oxygens (including phenoxy) is 2. The zero-order chi connectivity index (χ0) is 19.3. The smallest absolute Gasteiger partial charge is 0.405 e. The van der Waals surface area contributed by atoms with Crippen LogP contribution in [0.25, 0.3) is 0 Å². The number of hydrogen-bond donors (Lipinski definition) is 1. The SMILES string of the molecule is CC(C)(C)OC(N)=O.CN(C)C1CN(c2ncccc2C2CCOC2)C1. The fourth-order valence-electron chi connectivity index (χ4n) is 3.03. The average molecular weight is 364 g/mol. The Morgan fingerprint density at radius 1 is 1.38 bits per heavy atom. The van der Waals surface area contributed by atoms with E-state index in [1.54, 1.807) is 20.8 Å². The molecule has 2 fully saturated rings. The Balaban J connectivity index is 0.000000260. The van der Waals surface area contributed by atoms with Crippen LogP contribution in [-0.4, -0.2) is 68.0 Å². The summed E-state index contributed by atoms with van der Waals surface area (Å²) in [4.78, 5) is 19.3. The van der Waals surface area contributed by atoms with E-state index in [1.807, 2.05) is 12.3 Å². The fraction of sp³-hybridized carbons (Fsp3) is 0.684. The minimum absolute atomic E-state index is 0.453. The number of nitrogens with two attached hydrogens (primary N) is 1. The first kappa shape index (κ1) is 20.5. The number of primary amides is 1. The number of likely N-dealkylation sites (N-methyl/N-ethyl adjacent to an activating group) is 1. The summed E-state index contributed by atoms with van der Waals surface area (Å²) in [5.41, 5.74) is 5.63. The summed E-state index contributed by atoms with van der Waals surface area (Å²) >= 11 is 0. The van der Waals surface area contributed by atoms with Crippen molar-refractivity contribution in [3.8, 4) is 0 Å². The van der Waals surface area contributed by atoms with Gasteiger partial charge in [-0.25, -0.2) is 9.78 Å². The van der Waals surface area contributed by atoms with Crippen molar-refractivity contribution in [2.24, 2.45) is 5.73 Å². The predicted molar refractivity (Wildman–Crippen MR) is 103 cm³/mol. The lowest BCUT2D eigenvalue weighted by atomic mass is 9.97. The standard InChI is InChI=1S/C14H21N3O.C5H11NO2/c1-16(2)12-8-17(9-12)14-13(4-3-6-15-14)11-5-7-18-10-11;1-5(2,3)8-4(6)7/h3-4,6,11-12H,5,7-10H2,1-2H3;1-3H3,(H2,6,7). The van der Waals surface area contributed by atoms with Crippen LogP contribution in [0.1, 0.15) is 38.7 Å². The van der Waals surface area contributed by atoms with Crippen LogP contribution < -0.4 is 10.6 Å². The lowest BCUT2D eigenvalue weighted by Crippen LogP contribution is -2.58. The third-order valence-electron chi connectivity index (χ3n) is 4.49. The van der Waals surface area contributed by atoms with Gasteiger partial charge in [0.25, 0.3) is 0 Å². The number of carbonyl (C=O) groups excluding carboxylic acids is 1. The second-order valence-corrected chi connectivity index (χ2v) is 8.03. The molecule has 3 rings (SSSR count). The molecule has 0 spiro atoms. The van der Waals surface area contributed by atoms with Gasteiger partial charge in [-0.15, -0.1) is 0 Å². The first-order chi connectivity index (χ1) is 12.2. The molecule has 1 atom stereocenters. The van der Waals surface area contributed by atoms with Crippen LogP contribution in [-0.2, 0) is 9.47 Å². The average Bonchev–Trinajstić information content (AvgIpc) is 2.97. The minimum Gasteiger partial charge on any atom is -0.444 e. The second kappa shape index (κ2) is 8.68. The van der Waals surface area contributed by atoms with Gasteiger partial charge in [-0.05, 0) is 47.4 Å². The molecule has 7 heteroatoms. The quantitative estimate of drug-likeness (QED) is 0.886. The number of carbonyl (C=O) groups is 1. The molecule has 0 aliphatic carbocycles. The molecule has 1 aromatic heterocycles. The van der Waals surface area contributed by atoms with Crippen LogP contribution in [0, 0.1) is 0 Å². The zero-order valence-corrected chi connectivity index (χ0v) is 16.6. The molecule has 2 aliphatic rings. The molecule has 7 nitrogen and oxygen atoms in total. The van der Waals surface area contributed by atoms with Crippen LogP contribution in [0.3, 0.4) is 0 Å². The van der Waals surface area contributed by atoms with Gasteiger partial charge in [0.2, 0.25) is 0 Å². The van der Waals surface area contributed by atoms with E-state index in [2.05, 4.69) is 39.7 Å². The van der Waals surface area contributed by atoms with Gasteiger partial charge in [0, 0.05) is 43.4 Å². The van der Waals surface area contributed by atoms with Gasteiger partial charge in [0.05, 0.1) is 6.61 Å². The summed E-state index contributed by atoms with van der Waals surface area (Å²) in [5, 5.41) is 0. The van der Waals surface area contributed by atoms with Gasteiger partial charge in [-0.3, -0.25) is 0 Å². The molecule has 1 unspecified atom stereocenters. The Kier molecular flexibility index (Phi) is 6.83. The van der Waals surface area contributed by atoms with Gasteiger partial charge < -0.3 is 25.0 Å². The molecule has 1 aromatic rings. The summed E-state index contributed by atoms with van der Waals surface area (Å²) in [6.07, 6.45) is 2.30. The molecule has 26 heavy (non-hydrogen) atoms. The molecule has 2 saturated heterocycles. The highest BCUT2D eigenvalue weighted by Gasteiger charge is 2.32. The summed E-state index contributed by atoms with van der Waals surface area (Å²) < 4.78 is 10.1. The lowest BCUT2D eigenvalue weighted by molar-refractivity contribution is 0.0600. The maximum atomic E-state index is 10.0. The summed E-state index contributed by atoms with van der Waals surface area (Å²) in [7, 11) is 4.29. The van der Waals surface area contributed by atoms with E-state index >= 15 is 0 Å². The number of anilines is 1. The van der Waals surface area contributed by atoms with E-state index in [-0.39, 0.29) is 0 Å². The van der Waals surface area contributed by atoms with E-state index in [9.17, 15) is 4.79 Å². The number of nitrogens with zero attached hydrogens (tertiary/aromatic N) is 3. The molecule has 2 N–H and O–H groups in total. The van der Waals surface area contributed by atoms with Gasteiger partial charge in [-0.2, -0.15) is 0 Å². The monoisotopic (exact) mass is 364 g/mol. The molecule has 0 radical (unpaired) electrons. The molecule has 2 aliphatic heterocycles. The van der Waals surface area contributed by atoms with Crippen molar-refractivity contribution in [2.45, 2.75) is 44.8 Å². The van der Waals surface area contributed by atoms with Crippen molar-refractivity contribution in [3.63, 3.8) is 0 Å². The topological polar surface area (TPSA) is 80.9 Å². The van der Waals surface area contributed by atoms with Crippen molar-refractivity contribution >= 4 is 11.9 Å². The zero-order valence-electron chi connectivity index (χ0n) is 16.6. The molecular weight excluding hydrogens is 332 g/mol. The minimum atomic E-state index is -0.725. The van der Waals surface area contributed by atoms with E-state index in [1.165, 1.54) is 11.4 Å². The summed E-state index contributed by atoms with van der Waals surface area (Å²) in [6, 6.07) is 4.92. The number of hydrogen-bond acceptors (Lipinski definition) is 6. The molecular formula is C19H32N4O3. The van der Waals surface area contributed by atoms with Crippen molar-refractivity contribution in [1.82, 2.24) is 9.88 Å². The van der Waals surface area contributed by atoms with Gasteiger partial charge >= 0.3 is 6.09 Å². The number of aromatic nitrogens is 1. The summed E-state index contributed by atoms with van der Waals surface area (Å²) in [5.74, 6) is 1.71. The Bertz CT molecular complexity index is 589. The molecule has 0 saturated carbocycles. The molecule has 1 amide bonds. The molecule has 0 aromatic carbocycles. The van der Waals surface area contributed by atoms with Crippen molar-refractivity contribution in [1.29, 1.82) is 0 Å². The van der Waals surface area contributed by atoms with Crippen molar-refractivity contribution < 1.29 is 14.3 Å². The fourth-order valence-corrected chi connectivity index (χ4v) is 3.03. The first-order valence-electron chi connectivity index (χ1n) is 9.10. The molecule has 0 bridgehead atoms. The third-order valence-corrected chi connectivity index (χ3v) is 4.49. The van der Waals surface area contributed by atoms with Crippen LogP contribution in [0.2, 0.25) is 0 Å². The van der Waals surface area contributed by atoms with E-state index in [4.69, 9.17) is 10.5 Å². The highest BCUT2D eigenvalue weighted by Crippen LogP contribution is 2.33. The van der Waals surface area contributed by atoms with E-state index in [0.717, 1.165) is 32.7 Å². The lowest BCUT2D eigenvalue weighted by Gasteiger charge is -2.44. The predicted octanol–water partition coefficient (Wildman–Crippen LogP) is 2.22. The number of rotatable bonds is 3. The third kappa shape index (κ3) is 5.85.